The van der Waals surface area contributed by atoms with Crippen LogP contribution in [0.4, 0.5) is 5.69 Å². The van der Waals surface area contributed by atoms with Gasteiger partial charge in [0.1, 0.15) is 11.5 Å². The lowest BCUT2D eigenvalue weighted by Gasteiger charge is -2.15. The Hall–Kier alpha value is -3.24. The van der Waals surface area contributed by atoms with Crippen LogP contribution in [-0.2, 0) is 22.6 Å². The Bertz CT molecular complexity index is 1170. The number of methoxy groups -OCH3 is 2. The fourth-order valence-electron chi connectivity index (χ4n) is 3.40. The number of thioether (sulfide) groups is 1. The van der Waals surface area contributed by atoms with E-state index in [0.29, 0.717) is 34.0 Å². The van der Waals surface area contributed by atoms with E-state index in [1.54, 1.807) is 25.3 Å². The van der Waals surface area contributed by atoms with Gasteiger partial charge >= 0.3 is 0 Å². The molecule has 0 aliphatic rings. The third-order valence-electron chi connectivity index (χ3n) is 5.12. The topological polar surface area (TPSA) is 107 Å². The highest BCUT2D eigenvalue weighted by Crippen LogP contribution is 2.28. The zero-order valence-corrected chi connectivity index (χ0v) is 21.6. The number of carbonyl (C=O) groups excluding carboxylic acids is 2. The van der Waals surface area contributed by atoms with Crippen LogP contribution in [0.2, 0.25) is 5.02 Å². The molecule has 0 saturated heterocycles. The zero-order chi connectivity index (χ0) is 25.4. The minimum Gasteiger partial charge on any atom is -0.497 e. The minimum atomic E-state index is -0.355. The van der Waals surface area contributed by atoms with Crippen LogP contribution >= 0.6 is 23.4 Å². The van der Waals surface area contributed by atoms with Gasteiger partial charge in [-0.3, -0.25) is 9.59 Å². The molecule has 0 bridgehead atoms. The summed E-state index contributed by atoms with van der Waals surface area (Å²) in [7, 11) is 3.12. The molecule has 0 spiro atoms. The summed E-state index contributed by atoms with van der Waals surface area (Å²) in [6.07, 6.45) is 0.239. The number of carbonyl (C=O) groups is 2. The molecule has 186 valence electrons. The molecule has 9 nitrogen and oxygen atoms in total. The summed E-state index contributed by atoms with van der Waals surface area (Å²) >= 11 is 7.29. The van der Waals surface area contributed by atoms with Crippen molar-refractivity contribution in [3.05, 3.63) is 58.9 Å². The van der Waals surface area contributed by atoms with Gasteiger partial charge in [-0.2, -0.15) is 0 Å². The van der Waals surface area contributed by atoms with E-state index in [9.17, 15) is 9.59 Å². The summed E-state index contributed by atoms with van der Waals surface area (Å²) in [5.74, 6) is 1.64. The van der Waals surface area contributed by atoms with Gasteiger partial charge in [-0.05, 0) is 49.7 Å². The summed E-state index contributed by atoms with van der Waals surface area (Å²) in [6, 6.07) is 12.0. The highest BCUT2D eigenvalue weighted by atomic mass is 35.5. The second kappa shape index (κ2) is 12.5. The van der Waals surface area contributed by atoms with Crippen LogP contribution < -0.4 is 20.1 Å². The molecule has 0 radical (unpaired) electrons. The molecule has 2 N–H and O–H groups in total. The Labute approximate surface area is 213 Å². The van der Waals surface area contributed by atoms with E-state index in [4.69, 9.17) is 21.1 Å². The lowest BCUT2D eigenvalue weighted by atomic mass is 10.1. The Morgan fingerprint density at radius 3 is 2.49 bits per heavy atom. The van der Waals surface area contributed by atoms with Crippen molar-refractivity contribution in [3.8, 4) is 11.5 Å². The predicted octanol–water partition coefficient (Wildman–Crippen LogP) is 4.12. The second-order valence-electron chi connectivity index (χ2n) is 7.58. The molecular formula is C24H28ClN5O4S. The van der Waals surface area contributed by atoms with Crippen molar-refractivity contribution in [2.45, 2.75) is 38.0 Å². The summed E-state index contributed by atoms with van der Waals surface area (Å²) in [6.45, 7) is 4.40. The lowest BCUT2D eigenvalue weighted by molar-refractivity contribution is -0.121. The number of rotatable bonds is 11. The van der Waals surface area contributed by atoms with E-state index in [0.717, 1.165) is 11.3 Å². The Kier molecular flexibility index (Phi) is 9.39. The molecule has 0 saturated carbocycles. The summed E-state index contributed by atoms with van der Waals surface area (Å²) in [5, 5.41) is 15.3. The molecule has 1 heterocycles. The van der Waals surface area contributed by atoms with Crippen LogP contribution in [0, 0.1) is 0 Å². The molecular weight excluding hydrogens is 490 g/mol. The molecule has 0 aliphatic carbocycles. The molecule has 0 fully saturated rings. The maximum absolute atomic E-state index is 12.5. The normalized spacial score (nSPS) is 11.6. The molecule has 1 unspecified atom stereocenters. The number of hydrogen-bond donors (Lipinski definition) is 2. The monoisotopic (exact) mass is 517 g/mol. The van der Waals surface area contributed by atoms with E-state index in [2.05, 4.69) is 20.8 Å². The molecule has 1 atom stereocenters. The van der Waals surface area contributed by atoms with Crippen molar-refractivity contribution in [3.63, 3.8) is 0 Å². The minimum absolute atomic E-state index is 0.117. The van der Waals surface area contributed by atoms with Gasteiger partial charge in [-0.15, -0.1) is 10.2 Å². The highest BCUT2D eigenvalue weighted by molar-refractivity contribution is 7.99. The van der Waals surface area contributed by atoms with Gasteiger partial charge < -0.3 is 24.7 Å². The molecule has 3 rings (SSSR count). The first kappa shape index (κ1) is 26.4. The van der Waals surface area contributed by atoms with Gasteiger partial charge in [-0.25, -0.2) is 0 Å². The van der Waals surface area contributed by atoms with Gasteiger partial charge in [0.05, 0.1) is 38.1 Å². The molecule has 0 aliphatic heterocycles. The van der Waals surface area contributed by atoms with Gasteiger partial charge in [0, 0.05) is 11.6 Å². The van der Waals surface area contributed by atoms with Gasteiger partial charge in [-0.1, -0.05) is 35.5 Å². The van der Waals surface area contributed by atoms with Crippen molar-refractivity contribution in [2.24, 2.45) is 0 Å². The summed E-state index contributed by atoms with van der Waals surface area (Å²) < 4.78 is 12.3. The SMILES string of the molecule is CCn1c(SCC(=O)Nc2cc(Cl)ccc2OC)nnc1C(C)NC(=O)Cc1ccc(OC)cc1. The number of halogens is 1. The maximum Gasteiger partial charge on any atom is 0.234 e. The quantitative estimate of drug-likeness (QED) is 0.368. The molecule has 1 aromatic heterocycles. The van der Waals surface area contributed by atoms with Crippen LogP contribution in [0.5, 0.6) is 11.5 Å². The predicted molar refractivity (Wildman–Crippen MR) is 136 cm³/mol. The number of ether oxygens (including phenoxy) is 2. The number of anilines is 1. The van der Waals surface area contributed by atoms with E-state index in [1.807, 2.05) is 42.7 Å². The zero-order valence-electron chi connectivity index (χ0n) is 20.0. The Morgan fingerprint density at radius 1 is 1.09 bits per heavy atom. The van der Waals surface area contributed by atoms with E-state index >= 15 is 0 Å². The van der Waals surface area contributed by atoms with Crippen molar-refractivity contribution in [1.82, 2.24) is 20.1 Å². The molecule has 35 heavy (non-hydrogen) atoms. The number of benzene rings is 2. The first-order chi connectivity index (χ1) is 16.8. The van der Waals surface area contributed by atoms with Gasteiger partial charge in [0.2, 0.25) is 11.8 Å². The number of amides is 2. The van der Waals surface area contributed by atoms with Gasteiger partial charge in [0.15, 0.2) is 11.0 Å². The Balaban J connectivity index is 1.59. The van der Waals surface area contributed by atoms with E-state index in [1.165, 1.54) is 18.9 Å². The van der Waals surface area contributed by atoms with Crippen LogP contribution in [0.3, 0.4) is 0 Å². The van der Waals surface area contributed by atoms with Crippen LogP contribution in [-0.4, -0.2) is 46.6 Å². The van der Waals surface area contributed by atoms with Gasteiger partial charge in [0.25, 0.3) is 0 Å². The van der Waals surface area contributed by atoms with Crippen LogP contribution in [0.25, 0.3) is 0 Å². The number of nitrogens with one attached hydrogen (secondary N) is 2. The van der Waals surface area contributed by atoms with Crippen molar-refractivity contribution in [2.75, 3.05) is 25.3 Å². The fourth-order valence-corrected chi connectivity index (χ4v) is 4.39. The summed E-state index contributed by atoms with van der Waals surface area (Å²) in [4.78, 5) is 25.1. The first-order valence-electron chi connectivity index (χ1n) is 11.0. The Morgan fingerprint density at radius 2 is 1.83 bits per heavy atom. The molecule has 3 aromatic rings. The van der Waals surface area contributed by atoms with E-state index in [-0.39, 0.29) is 30.0 Å². The fraction of sp³-hybridized carbons (Fsp3) is 0.333. The van der Waals surface area contributed by atoms with Crippen LogP contribution in [0.15, 0.2) is 47.6 Å². The molecule has 11 heteroatoms. The third kappa shape index (κ3) is 7.12. The maximum atomic E-state index is 12.5. The van der Waals surface area contributed by atoms with Crippen molar-refractivity contribution in [1.29, 1.82) is 0 Å². The highest BCUT2D eigenvalue weighted by Gasteiger charge is 2.20. The van der Waals surface area contributed by atoms with Crippen molar-refractivity contribution >= 4 is 40.9 Å². The number of aromatic nitrogens is 3. The first-order valence-corrected chi connectivity index (χ1v) is 12.3. The molecule has 2 aromatic carbocycles. The van der Waals surface area contributed by atoms with E-state index < -0.39 is 0 Å². The average molecular weight is 518 g/mol. The average Bonchev–Trinajstić information content (AvgIpc) is 3.26. The smallest absolute Gasteiger partial charge is 0.234 e. The van der Waals surface area contributed by atoms with Crippen LogP contribution in [0.1, 0.15) is 31.3 Å². The van der Waals surface area contributed by atoms with Crippen molar-refractivity contribution < 1.29 is 19.1 Å². The number of nitrogens with zero attached hydrogens (tertiary/aromatic N) is 3. The second-order valence-corrected chi connectivity index (χ2v) is 8.96. The lowest BCUT2D eigenvalue weighted by Crippen LogP contribution is -2.30. The largest absolute Gasteiger partial charge is 0.497 e. The summed E-state index contributed by atoms with van der Waals surface area (Å²) in [5.41, 5.74) is 1.38. The third-order valence-corrected chi connectivity index (χ3v) is 6.32. The number of hydrogen-bond acceptors (Lipinski definition) is 7. The molecule has 2 amide bonds. The standard InChI is InChI=1S/C24H28ClN5O4S/c1-5-30-23(15(2)26-21(31)12-16-6-9-18(33-3)10-7-16)28-29-24(30)35-14-22(32)27-19-13-17(25)8-11-20(19)34-4/h6-11,13,15H,5,12,14H2,1-4H3,(H,26,31)(H,27,32).